The van der Waals surface area contributed by atoms with E-state index in [-0.39, 0.29) is 5.78 Å². The number of carbonyl (C=O) groups excluding carboxylic acids is 1. The van der Waals surface area contributed by atoms with Gasteiger partial charge in [0, 0.05) is 5.41 Å². The molecule has 0 heterocycles. The smallest absolute Gasteiger partial charge is 0.148 e. The highest BCUT2D eigenvalue weighted by Gasteiger charge is 2.33. The number of hydrogen-bond acceptors (Lipinski definition) is 2. The zero-order valence-corrected chi connectivity index (χ0v) is 10.4. The first-order valence-corrected chi connectivity index (χ1v) is 5.61. The molecule has 0 saturated heterocycles. The van der Waals surface area contributed by atoms with Gasteiger partial charge in [-0.15, -0.1) is 0 Å². The van der Waals surface area contributed by atoms with Crippen molar-refractivity contribution in [2.45, 2.75) is 39.7 Å². The van der Waals surface area contributed by atoms with E-state index >= 15 is 0 Å². The van der Waals surface area contributed by atoms with E-state index in [2.05, 4.69) is 0 Å². The third kappa shape index (κ3) is 2.92. The monoisotopic (exact) mass is 220 g/mol. The molecule has 0 amide bonds. The Morgan fingerprint density at radius 1 is 1.19 bits per heavy atom. The van der Waals surface area contributed by atoms with Crippen molar-refractivity contribution in [2.24, 2.45) is 5.41 Å². The molecule has 0 fully saturated rings. The van der Waals surface area contributed by atoms with Crippen LogP contribution in [0.3, 0.4) is 0 Å². The second-order valence-electron chi connectivity index (χ2n) is 5.24. The Morgan fingerprint density at radius 2 is 1.69 bits per heavy atom. The van der Waals surface area contributed by atoms with E-state index in [1.807, 2.05) is 51.1 Å². The van der Waals surface area contributed by atoms with E-state index in [0.717, 1.165) is 5.56 Å². The summed E-state index contributed by atoms with van der Waals surface area (Å²) in [6.45, 7) is 7.32. The molecule has 2 atom stereocenters. The third-order valence-electron chi connectivity index (χ3n) is 2.66. The maximum Gasteiger partial charge on any atom is 0.148 e. The van der Waals surface area contributed by atoms with Gasteiger partial charge in [0.25, 0.3) is 0 Å². The molecule has 0 spiro atoms. The molecular weight excluding hydrogens is 200 g/mol. The number of aliphatic hydroxyl groups excluding tert-OH is 1. The van der Waals surface area contributed by atoms with Crippen molar-refractivity contribution in [1.82, 2.24) is 0 Å². The SMILES string of the molecule is C[C@H](O)[C@H](C(=O)C(C)(C)C)c1ccccc1. The van der Waals surface area contributed by atoms with E-state index in [1.165, 1.54) is 0 Å². The van der Waals surface area contributed by atoms with Crippen LogP contribution in [0.25, 0.3) is 0 Å². The molecule has 0 saturated carbocycles. The summed E-state index contributed by atoms with van der Waals surface area (Å²) in [5.74, 6) is -0.352. The minimum atomic E-state index is -0.658. The summed E-state index contributed by atoms with van der Waals surface area (Å²) in [6, 6.07) is 9.47. The Hall–Kier alpha value is -1.15. The Kier molecular flexibility index (Phi) is 3.87. The van der Waals surface area contributed by atoms with Crippen LogP contribution in [0.15, 0.2) is 30.3 Å². The van der Waals surface area contributed by atoms with Gasteiger partial charge < -0.3 is 5.11 Å². The van der Waals surface area contributed by atoms with Gasteiger partial charge in [0.05, 0.1) is 12.0 Å². The van der Waals surface area contributed by atoms with E-state index < -0.39 is 17.4 Å². The lowest BCUT2D eigenvalue weighted by Crippen LogP contribution is -2.33. The fraction of sp³-hybridized carbons (Fsp3) is 0.500. The van der Waals surface area contributed by atoms with E-state index in [1.54, 1.807) is 6.92 Å². The third-order valence-corrected chi connectivity index (χ3v) is 2.66. The van der Waals surface area contributed by atoms with Gasteiger partial charge in [0.1, 0.15) is 5.78 Å². The Balaban J connectivity index is 3.07. The quantitative estimate of drug-likeness (QED) is 0.850. The molecular formula is C14H20O2. The first-order valence-electron chi connectivity index (χ1n) is 5.61. The zero-order chi connectivity index (χ0) is 12.3. The predicted octanol–water partition coefficient (Wildman–Crippen LogP) is 2.77. The van der Waals surface area contributed by atoms with Crippen molar-refractivity contribution in [3.05, 3.63) is 35.9 Å². The minimum Gasteiger partial charge on any atom is -0.392 e. The molecule has 1 N–H and O–H groups in total. The molecule has 1 aromatic carbocycles. The standard InChI is InChI=1S/C14H20O2/c1-10(15)12(13(16)14(2,3)4)11-8-6-5-7-9-11/h5-10,12,15H,1-4H3/t10-,12-/m0/s1. The number of ketones is 1. The summed E-state index contributed by atoms with van der Waals surface area (Å²) in [5.41, 5.74) is 0.453. The van der Waals surface area contributed by atoms with Gasteiger partial charge in [-0.2, -0.15) is 0 Å². The summed E-state index contributed by atoms with van der Waals surface area (Å²) >= 11 is 0. The van der Waals surface area contributed by atoms with Crippen LogP contribution in [0.5, 0.6) is 0 Å². The first kappa shape index (κ1) is 12.9. The van der Waals surface area contributed by atoms with Crippen molar-refractivity contribution in [3.8, 4) is 0 Å². The highest BCUT2D eigenvalue weighted by Crippen LogP contribution is 2.29. The second kappa shape index (κ2) is 4.79. The number of benzene rings is 1. The van der Waals surface area contributed by atoms with Crippen molar-refractivity contribution < 1.29 is 9.90 Å². The lowest BCUT2D eigenvalue weighted by molar-refractivity contribution is -0.130. The molecule has 2 nitrogen and oxygen atoms in total. The Bertz CT molecular complexity index is 347. The first-order chi connectivity index (χ1) is 7.34. The molecule has 0 aliphatic heterocycles. The van der Waals surface area contributed by atoms with Crippen LogP contribution in [0, 0.1) is 5.41 Å². The molecule has 0 aliphatic rings. The molecule has 0 radical (unpaired) electrons. The highest BCUT2D eigenvalue weighted by molar-refractivity contribution is 5.90. The average molecular weight is 220 g/mol. The molecule has 0 unspecified atom stereocenters. The number of carbonyl (C=O) groups is 1. The predicted molar refractivity (Wildman–Crippen MR) is 65.3 cm³/mol. The summed E-state index contributed by atoms with van der Waals surface area (Å²) in [6.07, 6.45) is -0.658. The van der Waals surface area contributed by atoms with Crippen LogP contribution in [0.2, 0.25) is 0 Å². The van der Waals surface area contributed by atoms with Crippen LogP contribution in [-0.2, 0) is 4.79 Å². The summed E-state index contributed by atoms with van der Waals surface area (Å²) in [7, 11) is 0. The van der Waals surface area contributed by atoms with Gasteiger partial charge in [-0.1, -0.05) is 51.1 Å². The van der Waals surface area contributed by atoms with Gasteiger partial charge in [-0.05, 0) is 12.5 Å². The van der Waals surface area contributed by atoms with Crippen molar-refractivity contribution in [2.75, 3.05) is 0 Å². The van der Waals surface area contributed by atoms with Crippen molar-refractivity contribution in [3.63, 3.8) is 0 Å². The maximum atomic E-state index is 12.2. The number of hydrogen-bond donors (Lipinski definition) is 1. The molecule has 1 aromatic rings. The van der Waals surface area contributed by atoms with E-state index in [4.69, 9.17) is 0 Å². The van der Waals surface area contributed by atoms with Crippen molar-refractivity contribution in [1.29, 1.82) is 0 Å². The molecule has 0 aliphatic carbocycles. The average Bonchev–Trinajstić information content (AvgIpc) is 2.17. The molecule has 0 aromatic heterocycles. The van der Waals surface area contributed by atoms with Gasteiger partial charge in [-0.25, -0.2) is 0 Å². The fourth-order valence-corrected chi connectivity index (χ4v) is 1.78. The van der Waals surface area contributed by atoms with Gasteiger partial charge in [0.15, 0.2) is 0 Å². The van der Waals surface area contributed by atoms with Gasteiger partial charge >= 0.3 is 0 Å². The Labute approximate surface area is 97.3 Å². The van der Waals surface area contributed by atoms with E-state index in [9.17, 15) is 9.90 Å². The fourth-order valence-electron chi connectivity index (χ4n) is 1.78. The van der Waals surface area contributed by atoms with Gasteiger partial charge in [-0.3, -0.25) is 4.79 Å². The number of Topliss-reactive ketones (excluding diaryl/α,β-unsaturated/α-hetero) is 1. The normalized spacial score (nSPS) is 15.6. The molecule has 16 heavy (non-hydrogen) atoms. The zero-order valence-electron chi connectivity index (χ0n) is 10.4. The second-order valence-corrected chi connectivity index (χ2v) is 5.24. The van der Waals surface area contributed by atoms with Crippen LogP contribution < -0.4 is 0 Å². The lowest BCUT2D eigenvalue weighted by Gasteiger charge is -2.26. The van der Waals surface area contributed by atoms with Crippen molar-refractivity contribution >= 4 is 5.78 Å². The minimum absolute atomic E-state index is 0.0775. The van der Waals surface area contributed by atoms with Crippen LogP contribution in [-0.4, -0.2) is 17.0 Å². The molecule has 2 heteroatoms. The maximum absolute atomic E-state index is 12.2. The largest absolute Gasteiger partial charge is 0.392 e. The van der Waals surface area contributed by atoms with E-state index in [0.29, 0.717) is 0 Å². The summed E-state index contributed by atoms with van der Waals surface area (Å²) < 4.78 is 0. The lowest BCUT2D eigenvalue weighted by atomic mass is 9.78. The molecule has 1 rings (SSSR count). The highest BCUT2D eigenvalue weighted by atomic mass is 16.3. The summed E-state index contributed by atoms with van der Waals surface area (Å²) in [4.78, 5) is 12.2. The van der Waals surface area contributed by atoms with Crippen LogP contribution >= 0.6 is 0 Å². The summed E-state index contributed by atoms with van der Waals surface area (Å²) in [5, 5.41) is 9.78. The van der Waals surface area contributed by atoms with Crippen LogP contribution in [0.1, 0.15) is 39.2 Å². The van der Waals surface area contributed by atoms with Crippen LogP contribution in [0.4, 0.5) is 0 Å². The number of rotatable bonds is 3. The number of aliphatic hydroxyl groups is 1. The van der Waals surface area contributed by atoms with Gasteiger partial charge in [0.2, 0.25) is 0 Å². The molecule has 88 valence electrons. The topological polar surface area (TPSA) is 37.3 Å². The Morgan fingerprint density at radius 3 is 2.06 bits per heavy atom. The molecule has 0 bridgehead atoms.